The summed E-state index contributed by atoms with van der Waals surface area (Å²) in [5.41, 5.74) is 3.08. The zero-order valence-electron chi connectivity index (χ0n) is 16.5. The lowest BCUT2D eigenvalue weighted by Crippen LogP contribution is -2.33. The second-order valence-electron chi connectivity index (χ2n) is 7.96. The van der Waals surface area contributed by atoms with Crippen LogP contribution in [0.2, 0.25) is 0 Å². The van der Waals surface area contributed by atoms with Crippen LogP contribution in [0.3, 0.4) is 0 Å². The smallest absolute Gasteiger partial charge is 0.223 e. The predicted octanol–water partition coefficient (Wildman–Crippen LogP) is 3.33. The highest BCUT2D eigenvalue weighted by atomic mass is 16.5. The molecule has 0 radical (unpaired) electrons. The molecule has 2 aliphatic rings. The number of hydrogen-bond donors (Lipinski definition) is 2. The van der Waals surface area contributed by atoms with Gasteiger partial charge in [0.15, 0.2) is 0 Å². The van der Waals surface area contributed by atoms with Gasteiger partial charge in [-0.3, -0.25) is 0 Å². The lowest BCUT2D eigenvalue weighted by molar-refractivity contribution is -0.0911. The molecule has 5 atom stereocenters. The number of benzene rings is 1. The second kappa shape index (κ2) is 8.23. The molecule has 1 aromatic carbocycles. The van der Waals surface area contributed by atoms with E-state index in [2.05, 4.69) is 31.0 Å². The van der Waals surface area contributed by atoms with Crippen LogP contribution in [0.1, 0.15) is 55.0 Å². The van der Waals surface area contributed by atoms with E-state index >= 15 is 0 Å². The summed E-state index contributed by atoms with van der Waals surface area (Å²) >= 11 is 0. The molecule has 0 bridgehead atoms. The van der Waals surface area contributed by atoms with Gasteiger partial charge in [0.25, 0.3) is 0 Å². The Morgan fingerprint density at radius 1 is 1.29 bits per heavy atom. The minimum atomic E-state index is -0.428. The molecule has 2 aromatic rings. The van der Waals surface area contributed by atoms with E-state index in [1.54, 1.807) is 0 Å². The van der Waals surface area contributed by atoms with Gasteiger partial charge in [0.1, 0.15) is 23.8 Å². The molecule has 1 saturated heterocycles. The van der Waals surface area contributed by atoms with Crippen molar-refractivity contribution in [3.8, 4) is 5.75 Å². The lowest BCUT2D eigenvalue weighted by Gasteiger charge is -2.33. The van der Waals surface area contributed by atoms with Crippen molar-refractivity contribution >= 4 is 0 Å². The highest BCUT2D eigenvalue weighted by molar-refractivity contribution is 5.34. The van der Waals surface area contributed by atoms with Crippen molar-refractivity contribution in [2.75, 3.05) is 6.61 Å². The summed E-state index contributed by atoms with van der Waals surface area (Å²) in [6.07, 6.45) is 4.13. The fourth-order valence-corrected chi connectivity index (χ4v) is 4.60. The minimum Gasteiger partial charge on any atom is -0.493 e. The number of rotatable bonds is 6. The van der Waals surface area contributed by atoms with E-state index in [4.69, 9.17) is 19.0 Å². The summed E-state index contributed by atoms with van der Waals surface area (Å²) in [5.74, 6) is 1.72. The van der Waals surface area contributed by atoms with Crippen LogP contribution < -0.4 is 4.74 Å². The van der Waals surface area contributed by atoms with Gasteiger partial charge in [-0.25, -0.2) is 4.98 Å². The first-order valence-electron chi connectivity index (χ1n) is 10.2. The van der Waals surface area contributed by atoms with Crippen LogP contribution in [0.4, 0.5) is 0 Å². The molecule has 2 N–H and O–H groups in total. The van der Waals surface area contributed by atoms with Gasteiger partial charge < -0.3 is 24.1 Å². The Labute approximate surface area is 165 Å². The summed E-state index contributed by atoms with van der Waals surface area (Å²) in [7, 11) is 0. The van der Waals surface area contributed by atoms with Gasteiger partial charge in [0, 0.05) is 12.3 Å². The van der Waals surface area contributed by atoms with Crippen molar-refractivity contribution in [2.45, 2.75) is 64.4 Å². The Morgan fingerprint density at radius 2 is 2.14 bits per heavy atom. The summed E-state index contributed by atoms with van der Waals surface area (Å²) in [5, 5.41) is 19.8. The van der Waals surface area contributed by atoms with Crippen LogP contribution in [0.25, 0.3) is 0 Å². The molecule has 1 saturated carbocycles. The number of aromatic nitrogens is 1. The van der Waals surface area contributed by atoms with Gasteiger partial charge in [-0.2, -0.15) is 0 Å². The first-order chi connectivity index (χ1) is 13.6. The van der Waals surface area contributed by atoms with Crippen LogP contribution in [0, 0.1) is 18.8 Å². The Hall–Kier alpha value is -1.89. The van der Waals surface area contributed by atoms with E-state index in [9.17, 15) is 5.11 Å². The van der Waals surface area contributed by atoms with Crippen LogP contribution in [0.5, 0.6) is 5.75 Å². The number of aryl methyl sites for hydroxylation is 2. The maximum atomic E-state index is 10.6. The third-order valence-electron chi connectivity index (χ3n) is 6.25. The molecular weight excluding hydrogens is 358 g/mol. The summed E-state index contributed by atoms with van der Waals surface area (Å²) < 4.78 is 17.7. The lowest BCUT2D eigenvalue weighted by atomic mass is 9.87. The number of nitrogens with zero attached hydrogens (tertiary/aromatic N) is 1. The van der Waals surface area contributed by atoms with Gasteiger partial charge in [0.2, 0.25) is 5.89 Å². The molecule has 6 heteroatoms. The number of oxazole rings is 1. The largest absolute Gasteiger partial charge is 0.493 e. The standard InChI is InChI=1S/C22H29NO5/c1-3-14-8-16(5-4-13(14)2)26-12-18-17-6-7-20(28-21(17)9-19(18)25)22-23-15(10-24)11-27-22/h4-5,8,11,17-21,24-25H,3,6-7,9-10,12H2,1-2H3/t17-,18-,19+,20-,21+/m1/s1. The van der Waals surface area contributed by atoms with E-state index in [1.807, 2.05) is 6.07 Å². The third kappa shape index (κ3) is 3.81. The van der Waals surface area contributed by atoms with Gasteiger partial charge in [-0.15, -0.1) is 0 Å². The molecule has 152 valence electrons. The molecule has 0 amide bonds. The van der Waals surface area contributed by atoms with Gasteiger partial charge in [-0.05, 0) is 55.4 Å². The molecular formula is C22H29NO5. The van der Waals surface area contributed by atoms with E-state index < -0.39 is 6.10 Å². The van der Waals surface area contributed by atoms with E-state index in [0.29, 0.717) is 24.6 Å². The first kappa shape index (κ1) is 19.4. The molecule has 0 unspecified atom stereocenters. The fourth-order valence-electron chi connectivity index (χ4n) is 4.60. The molecule has 2 fully saturated rings. The van der Waals surface area contributed by atoms with Crippen molar-refractivity contribution in [1.82, 2.24) is 4.98 Å². The Kier molecular flexibility index (Phi) is 5.71. The predicted molar refractivity (Wildman–Crippen MR) is 103 cm³/mol. The SMILES string of the molecule is CCc1cc(OC[C@@H]2[C@H]3CC[C@H](c4nc(CO)co4)O[C@H]3C[C@@H]2O)ccc1C. The number of hydrogen-bond acceptors (Lipinski definition) is 6. The van der Waals surface area contributed by atoms with Crippen LogP contribution in [-0.4, -0.2) is 34.0 Å². The summed E-state index contributed by atoms with van der Waals surface area (Å²) in [6, 6.07) is 6.19. The Balaban J connectivity index is 1.38. The average molecular weight is 387 g/mol. The number of aliphatic hydroxyl groups excluding tert-OH is 2. The monoisotopic (exact) mass is 387 g/mol. The van der Waals surface area contributed by atoms with E-state index in [-0.39, 0.29) is 30.7 Å². The number of ether oxygens (including phenoxy) is 2. The van der Waals surface area contributed by atoms with Gasteiger partial charge in [0.05, 0.1) is 25.4 Å². The van der Waals surface area contributed by atoms with E-state index in [1.165, 1.54) is 17.4 Å². The molecule has 4 rings (SSSR count). The highest BCUT2D eigenvalue weighted by Crippen LogP contribution is 2.45. The zero-order chi connectivity index (χ0) is 19.7. The number of aliphatic hydroxyl groups is 2. The number of fused-ring (bicyclic) bond motifs is 1. The molecule has 6 nitrogen and oxygen atoms in total. The molecule has 1 aliphatic heterocycles. The van der Waals surface area contributed by atoms with Crippen molar-refractivity contribution in [3.05, 3.63) is 47.2 Å². The minimum absolute atomic E-state index is 0.0175. The zero-order valence-corrected chi connectivity index (χ0v) is 16.5. The summed E-state index contributed by atoms with van der Waals surface area (Å²) in [4.78, 5) is 4.28. The van der Waals surface area contributed by atoms with Gasteiger partial charge in [-0.1, -0.05) is 13.0 Å². The quantitative estimate of drug-likeness (QED) is 0.791. The van der Waals surface area contributed by atoms with E-state index in [0.717, 1.165) is 25.0 Å². The van der Waals surface area contributed by atoms with Crippen molar-refractivity contribution in [3.63, 3.8) is 0 Å². The average Bonchev–Trinajstić information content (AvgIpc) is 3.30. The highest BCUT2D eigenvalue weighted by Gasteiger charge is 2.47. The molecule has 0 spiro atoms. The third-order valence-corrected chi connectivity index (χ3v) is 6.25. The fraction of sp³-hybridized carbons (Fsp3) is 0.591. The second-order valence-corrected chi connectivity index (χ2v) is 7.96. The molecule has 28 heavy (non-hydrogen) atoms. The van der Waals surface area contributed by atoms with Crippen molar-refractivity contribution < 1.29 is 24.1 Å². The molecule has 1 aliphatic carbocycles. The maximum Gasteiger partial charge on any atom is 0.223 e. The summed E-state index contributed by atoms with van der Waals surface area (Å²) in [6.45, 7) is 4.61. The van der Waals surface area contributed by atoms with Crippen molar-refractivity contribution in [2.24, 2.45) is 11.8 Å². The topological polar surface area (TPSA) is 85.0 Å². The van der Waals surface area contributed by atoms with Crippen LogP contribution in [-0.2, 0) is 17.8 Å². The molecule has 1 aromatic heterocycles. The molecule has 2 heterocycles. The van der Waals surface area contributed by atoms with Crippen LogP contribution >= 0.6 is 0 Å². The maximum absolute atomic E-state index is 10.6. The van der Waals surface area contributed by atoms with Gasteiger partial charge >= 0.3 is 0 Å². The first-order valence-corrected chi connectivity index (χ1v) is 10.2. The van der Waals surface area contributed by atoms with Crippen LogP contribution in [0.15, 0.2) is 28.9 Å². The normalized spacial score (nSPS) is 29.6. The Bertz CT molecular complexity index is 804. The Morgan fingerprint density at radius 3 is 2.89 bits per heavy atom. The van der Waals surface area contributed by atoms with Crippen molar-refractivity contribution in [1.29, 1.82) is 0 Å².